The number of carbonyl (C=O) groups is 1. The largest absolute Gasteiger partial charge is 0.378 e. The summed E-state index contributed by atoms with van der Waals surface area (Å²) in [5.41, 5.74) is 2.44. The molecule has 0 atom stereocenters. The number of aliphatic imine (C=N–C) groups is 1. The van der Waals surface area contributed by atoms with Gasteiger partial charge >= 0.3 is 0 Å². The van der Waals surface area contributed by atoms with Crippen LogP contribution in [-0.2, 0) is 22.6 Å². The van der Waals surface area contributed by atoms with E-state index in [0.717, 1.165) is 58.0 Å². The molecule has 1 aromatic carbocycles. The van der Waals surface area contributed by atoms with Crippen molar-refractivity contribution in [2.75, 3.05) is 33.3 Å². The molecule has 0 aromatic heterocycles. The number of piperidine rings is 1. The number of carbonyl (C=O) groups excluding carboxylic acids is 1. The smallest absolute Gasteiger partial charge is 0.222 e. The van der Waals surface area contributed by atoms with Crippen molar-refractivity contribution in [3.8, 4) is 0 Å². The topological polar surface area (TPSA) is 57.2 Å². The molecule has 2 fully saturated rings. The molecule has 1 aromatic rings. The number of benzene rings is 1. The molecule has 0 aliphatic carbocycles. The van der Waals surface area contributed by atoms with Gasteiger partial charge in [-0.25, -0.2) is 0 Å². The van der Waals surface area contributed by atoms with Crippen molar-refractivity contribution in [3.05, 3.63) is 35.4 Å². The van der Waals surface area contributed by atoms with Gasteiger partial charge in [0.2, 0.25) is 5.91 Å². The van der Waals surface area contributed by atoms with Gasteiger partial charge in [-0.3, -0.25) is 9.79 Å². The van der Waals surface area contributed by atoms with Crippen LogP contribution in [0.2, 0.25) is 0 Å². The minimum Gasteiger partial charge on any atom is -0.378 e. The van der Waals surface area contributed by atoms with Crippen LogP contribution in [0.25, 0.3) is 0 Å². The quantitative estimate of drug-likeness (QED) is 0.615. The number of amides is 1. The van der Waals surface area contributed by atoms with Gasteiger partial charge in [0.05, 0.1) is 6.10 Å². The van der Waals surface area contributed by atoms with Gasteiger partial charge in [0.25, 0.3) is 0 Å². The molecule has 2 heterocycles. The summed E-state index contributed by atoms with van der Waals surface area (Å²) in [6.07, 6.45) is 4.13. The fourth-order valence-corrected chi connectivity index (χ4v) is 3.94. The zero-order chi connectivity index (χ0) is 19.1. The first-order chi connectivity index (χ1) is 13.2. The average molecular weight is 373 g/mol. The van der Waals surface area contributed by atoms with Crippen molar-refractivity contribution in [3.63, 3.8) is 0 Å². The molecule has 2 saturated heterocycles. The minimum absolute atomic E-state index is 0.269. The summed E-state index contributed by atoms with van der Waals surface area (Å²) in [4.78, 5) is 20.7. The fourth-order valence-electron chi connectivity index (χ4n) is 3.94. The van der Waals surface area contributed by atoms with Crippen LogP contribution >= 0.6 is 0 Å². The average Bonchev–Trinajstić information content (AvgIpc) is 3.09. The van der Waals surface area contributed by atoms with Crippen molar-refractivity contribution < 1.29 is 9.53 Å². The van der Waals surface area contributed by atoms with Crippen molar-refractivity contribution in [1.82, 2.24) is 15.1 Å². The zero-order valence-electron chi connectivity index (χ0n) is 16.6. The van der Waals surface area contributed by atoms with E-state index in [4.69, 9.17) is 4.74 Å². The van der Waals surface area contributed by atoms with E-state index in [-0.39, 0.29) is 5.91 Å². The number of guanidine groups is 1. The van der Waals surface area contributed by atoms with Crippen molar-refractivity contribution in [2.45, 2.75) is 51.8 Å². The standard InChI is InChI=1S/C21H32N4O2/c1-3-27-19-10-13-24(14-11-19)21(22-2)23-15-17-7-4-5-8-18(17)16-25-12-6-9-20(25)26/h4-5,7-8,19H,3,6,9-16H2,1-2H3,(H,22,23). The van der Waals surface area contributed by atoms with Gasteiger partial charge in [0.1, 0.15) is 0 Å². The van der Waals surface area contributed by atoms with E-state index < -0.39 is 0 Å². The predicted molar refractivity (Wildman–Crippen MR) is 108 cm³/mol. The number of nitrogens with one attached hydrogen (secondary N) is 1. The first kappa shape index (κ1) is 19.7. The summed E-state index contributed by atoms with van der Waals surface area (Å²) in [6, 6.07) is 8.37. The number of hydrogen-bond acceptors (Lipinski definition) is 3. The second-order valence-electron chi connectivity index (χ2n) is 7.23. The molecular formula is C21H32N4O2. The van der Waals surface area contributed by atoms with E-state index in [9.17, 15) is 4.79 Å². The van der Waals surface area contributed by atoms with Gasteiger partial charge in [0, 0.05) is 52.8 Å². The highest BCUT2D eigenvalue weighted by molar-refractivity contribution is 5.80. The van der Waals surface area contributed by atoms with Gasteiger partial charge in [0.15, 0.2) is 5.96 Å². The Kier molecular flexibility index (Phi) is 7.10. The highest BCUT2D eigenvalue weighted by Gasteiger charge is 2.23. The molecule has 0 saturated carbocycles. The van der Waals surface area contributed by atoms with Gasteiger partial charge < -0.3 is 19.9 Å². The third kappa shape index (κ3) is 5.22. The van der Waals surface area contributed by atoms with Crippen LogP contribution in [-0.4, -0.2) is 61.1 Å². The van der Waals surface area contributed by atoms with Gasteiger partial charge in [-0.15, -0.1) is 0 Å². The second kappa shape index (κ2) is 9.74. The van der Waals surface area contributed by atoms with E-state index in [1.807, 2.05) is 18.0 Å². The molecule has 3 rings (SSSR count). The molecule has 6 nitrogen and oxygen atoms in total. The first-order valence-electron chi connectivity index (χ1n) is 10.1. The number of ether oxygens (including phenoxy) is 1. The van der Waals surface area contributed by atoms with Gasteiger partial charge in [-0.05, 0) is 37.3 Å². The Balaban J connectivity index is 1.56. The lowest BCUT2D eigenvalue weighted by Gasteiger charge is -2.34. The summed E-state index contributed by atoms with van der Waals surface area (Å²) in [5.74, 6) is 1.21. The summed E-state index contributed by atoms with van der Waals surface area (Å²) < 4.78 is 5.74. The minimum atomic E-state index is 0.269. The maximum absolute atomic E-state index is 12.0. The van der Waals surface area contributed by atoms with Crippen LogP contribution in [0.4, 0.5) is 0 Å². The lowest BCUT2D eigenvalue weighted by Crippen LogP contribution is -2.46. The van der Waals surface area contributed by atoms with Crippen LogP contribution in [0.3, 0.4) is 0 Å². The molecular weight excluding hydrogens is 340 g/mol. The molecule has 1 N–H and O–H groups in total. The van der Waals surface area contributed by atoms with Crippen LogP contribution < -0.4 is 5.32 Å². The number of rotatable bonds is 6. The first-order valence-corrected chi connectivity index (χ1v) is 10.1. The van der Waals surface area contributed by atoms with E-state index in [1.165, 1.54) is 11.1 Å². The molecule has 0 spiro atoms. The number of hydrogen-bond donors (Lipinski definition) is 1. The highest BCUT2D eigenvalue weighted by Crippen LogP contribution is 2.18. The summed E-state index contributed by atoms with van der Waals surface area (Å²) in [7, 11) is 1.84. The third-order valence-electron chi connectivity index (χ3n) is 5.44. The van der Waals surface area contributed by atoms with Gasteiger partial charge in [-0.1, -0.05) is 24.3 Å². The maximum atomic E-state index is 12.0. The Morgan fingerprint density at radius 3 is 2.59 bits per heavy atom. The molecule has 2 aliphatic heterocycles. The number of likely N-dealkylation sites (tertiary alicyclic amines) is 2. The molecule has 148 valence electrons. The molecule has 0 radical (unpaired) electrons. The molecule has 2 aliphatic rings. The highest BCUT2D eigenvalue weighted by atomic mass is 16.5. The summed E-state index contributed by atoms with van der Waals surface area (Å²) in [6.45, 7) is 7.07. The van der Waals surface area contributed by atoms with Crippen LogP contribution in [0.1, 0.15) is 43.7 Å². The molecule has 6 heteroatoms. The second-order valence-corrected chi connectivity index (χ2v) is 7.23. The molecule has 0 unspecified atom stereocenters. The lowest BCUT2D eigenvalue weighted by molar-refractivity contribution is -0.128. The maximum Gasteiger partial charge on any atom is 0.222 e. The van der Waals surface area contributed by atoms with Gasteiger partial charge in [-0.2, -0.15) is 0 Å². The Morgan fingerprint density at radius 1 is 1.22 bits per heavy atom. The van der Waals surface area contributed by atoms with E-state index in [0.29, 0.717) is 19.1 Å². The predicted octanol–water partition coefficient (Wildman–Crippen LogP) is 2.39. The molecule has 27 heavy (non-hydrogen) atoms. The van der Waals surface area contributed by atoms with Crippen LogP contribution in [0.15, 0.2) is 29.3 Å². The van der Waals surface area contributed by atoms with Crippen LogP contribution in [0, 0.1) is 0 Å². The zero-order valence-corrected chi connectivity index (χ0v) is 16.6. The Labute approximate surface area is 162 Å². The SMILES string of the molecule is CCOC1CCN(C(=NC)NCc2ccccc2CN2CCCC2=O)CC1. The Hall–Kier alpha value is -2.08. The normalized spacial score (nSPS) is 19.0. The third-order valence-corrected chi connectivity index (χ3v) is 5.44. The van der Waals surface area contributed by atoms with Crippen LogP contribution in [0.5, 0.6) is 0 Å². The van der Waals surface area contributed by atoms with Crippen molar-refractivity contribution in [1.29, 1.82) is 0 Å². The monoisotopic (exact) mass is 372 g/mol. The Morgan fingerprint density at radius 2 is 1.96 bits per heavy atom. The number of nitrogens with zero attached hydrogens (tertiary/aromatic N) is 3. The molecule has 0 bridgehead atoms. The van der Waals surface area contributed by atoms with Crippen molar-refractivity contribution in [2.24, 2.45) is 4.99 Å². The van der Waals surface area contributed by atoms with E-state index in [2.05, 4.69) is 40.3 Å². The fraction of sp³-hybridized carbons (Fsp3) is 0.619. The summed E-state index contributed by atoms with van der Waals surface area (Å²) in [5, 5.41) is 3.51. The lowest BCUT2D eigenvalue weighted by atomic mass is 10.1. The van der Waals surface area contributed by atoms with E-state index in [1.54, 1.807) is 0 Å². The Bertz CT molecular complexity index is 653. The summed E-state index contributed by atoms with van der Waals surface area (Å²) >= 11 is 0. The molecule has 1 amide bonds. The van der Waals surface area contributed by atoms with E-state index >= 15 is 0 Å². The van der Waals surface area contributed by atoms with Crippen molar-refractivity contribution >= 4 is 11.9 Å².